The minimum Gasteiger partial charge on any atom is -0.395 e. The summed E-state index contributed by atoms with van der Waals surface area (Å²) in [7, 11) is 1.69. The van der Waals surface area contributed by atoms with Gasteiger partial charge >= 0.3 is 0 Å². The molecular formula is C14H17N3O2. The van der Waals surface area contributed by atoms with Crippen LogP contribution < -0.4 is 5.32 Å². The second-order valence-electron chi connectivity index (χ2n) is 4.13. The summed E-state index contributed by atoms with van der Waals surface area (Å²) < 4.78 is 0. The fourth-order valence-corrected chi connectivity index (χ4v) is 1.48. The Morgan fingerprint density at radius 1 is 1.53 bits per heavy atom. The predicted molar refractivity (Wildman–Crippen MR) is 73.2 cm³/mol. The van der Waals surface area contributed by atoms with Crippen LogP contribution in [0.4, 0.5) is 5.69 Å². The number of aliphatic hydroxyl groups is 1. The highest BCUT2D eigenvalue weighted by Gasteiger charge is 2.11. The van der Waals surface area contributed by atoms with Gasteiger partial charge in [0.05, 0.1) is 6.61 Å². The highest BCUT2D eigenvalue weighted by molar-refractivity contribution is 6.06. The lowest BCUT2D eigenvalue weighted by Crippen LogP contribution is -2.20. The van der Waals surface area contributed by atoms with Crippen LogP contribution in [0.1, 0.15) is 5.56 Å². The first kappa shape index (κ1) is 14.7. The summed E-state index contributed by atoms with van der Waals surface area (Å²) in [5.41, 5.74) is 1.61. The van der Waals surface area contributed by atoms with Crippen molar-refractivity contribution >= 4 is 11.6 Å². The van der Waals surface area contributed by atoms with Gasteiger partial charge in [-0.1, -0.05) is 18.2 Å². The zero-order valence-electron chi connectivity index (χ0n) is 11.1. The summed E-state index contributed by atoms with van der Waals surface area (Å²) in [5.74, 6) is -0.457. The summed E-state index contributed by atoms with van der Waals surface area (Å²) in [5, 5.41) is 20.5. The van der Waals surface area contributed by atoms with Gasteiger partial charge in [-0.3, -0.25) is 4.79 Å². The number of nitrogens with zero attached hydrogens (tertiary/aromatic N) is 2. The van der Waals surface area contributed by atoms with E-state index in [4.69, 9.17) is 10.4 Å². The molecule has 1 amide bonds. The van der Waals surface area contributed by atoms with Crippen molar-refractivity contribution in [2.45, 2.75) is 6.92 Å². The molecule has 0 radical (unpaired) electrons. The second kappa shape index (κ2) is 7.19. The summed E-state index contributed by atoms with van der Waals surface area (Å²) in [6.07, 6.45) is 1.42. The number of rotatable bonds is 5. The quantitative estimate of drug-likeness (QED) is 0.616. The molecule has 0 aromatic heterocycles. The number of nitrogens with one attached hydrogen (secondary N) is 1. The van der Waals surface area contributed by atoms with E-state index in [2.05, 4.69) is 5.32 Å². The molecule has 0 aliphatic carbocycles. The van der Waals surface area contributed by atoms with Crippen LogP contribution in [0.3, 0.4) is 0 Å². The first-order valence-corrected chi connectivity index (χ1v) is 5.88. The lowest BCUT2D eigenvalue weighted by atomic mass is 10.2. The molecule has 0 fully saturated rings. The number of carbonyl (C=O) groups is 1. The van der Waals surface area contributed by atoms with Crippen LogP contribution in [0.2, 0.25) is 0 Å². The molecule has 2 N–H and O–H groups in total. The van der Waals surface area contributed by atoms with Crippen molar-refractivity contribution in [2.24, 2.45) is 0 Å². The average molecular weight is 259 g/mol. The maximum atomic E-state index is 11.9. The standard InChI is InChI=1S/C14H17N3O2/c1-11-5-3-4-6-13(11)16-14(19)12(9-15)10-17(2)7-8-18/h3-6,10,18H,7-8H2,1-2H3,(H,16,19)/b12-10-. The molecule has 0 aliphatic rings. The smallest absolute Gasteiger partial charge is 0.267 e. The third kappa shape index (κ3) is 4.45. The number of benzene rings is 1. The van der Waals surface area contributed by atoms with E-state index >= 15 is 0 Å². The lowest BCUT2D eigenvalue weighted by Gasteiger charge is -2.13. The van der Waals surface area contributed by atoms with E-state index in [-0.39, 0.29) is 12.2 Å². The number of nitriles is 1. The van der Waals surface area contributed by atoms with Gasteiger partial charge in [-0.2, -0.15) is 5.26 Å². The molecule has 0 saturated carbocycles. The Kier molecular flexibility index (Phi) is 5.58. The van der Waals surface area contributed by atoms with Gasteiger partial charge in [0.25, 0.3) is 5.91 Å². The molecular weight excluding hydrogens is 242 g/mol. The second-order valence-corrected chi connectivity index (χ2v) is 4.13. The Morgan fingerprint density at radius 3 is 2.79 bits per heavy atom. The lowest BCUT2D eigenvalue weighted by molar-refractivity contribution is -0.112. The number of hydrogen-bond donors (Lipinski definition) is 2. The molecule has 1 aromatic rings. The molecule has 0 spiro atoms. The van der Waals surface area contributed by atoms with Gasteiger partial charge in [0.2, 0.25) is 0 Å². The van der Waals surface area contributed by atoms with Crippen molar-refractivity contribution in [1.82, 2.24) is 4.90 Å². The molecule has 0 aliphatic heterocycles. The van der Waals surface area contributed by atoms with Gasteiger partial charge in [0.15, 0.2) is 0 Å². The molecule has 19 heavy (non-hydrogen) atoms. The van der Waals surface area contributed by atoms with Crippen LogP contribution in [0, 0.1) is 18.3 Å². The Labute approximate surface area is 112 Å². The minimum absolute atomic E-state index is 0.000738. The third-order valence-corrected chi connectivity index (χ3v) is 2.56. The van der Waals surface area contributed by atoms with Gasteiger partial charge in [-0.05, 0) is 18.6 Å². The van der Waals surface area contributed by atoms with E-state index in [1.165, 1.54) is 6.20 Å². The molecule has 5 heteroatoms. The van der Waals surface area contributed by atoms with Crippen LogP contribution in [-0.4, -0.2) is 36.1 Å². The number of aryl methyl sites for hydroxylation is 1. The molecule has 100 valence electrons. The van der Waals surface area contributed by atoms with Gasteiger partial charge in [0, 0.05) is 25.5 Å². The van der Waals surface area contributed by atoms with Crippen LogP contribution in [0.25, 0.3) is 0 Å². The first-order chi connectivity index (χ1) is 9.08. The third-order valence-electron chi connectivity index (χ3n) is 2.56. The maximum Gasteiger partial charge on any atom is 0.267 e. The van der Waals surface area contributed by atoms with E-state index < -0.39 is 5.91 Å². The largest absolute Gasteiger partial charge is 0.395 e. The number of carbonyl (C=O) groups excluding carboxylic acids is 1. The van der Waals surface area contributed by atoms with Crippen molar-refractivity contribution < 1.29 is 9.90 Å². The van der Waals surface area contributed by atoms with Crippen LogP contribution in [0.5, 0.6) is 0 Å². The van der Waals surface area contributed by atoms with Crippen molar-refractivity contribution in [1.29, 1.82) is 5.26 Å². The number of para-hydroxylation sites is 1. The van der Waals surface area contributed by atoms with E-state index in [0.717, 1.165) is 5.56 Å². The topological polar surface area (TPSA) is 76.4 Å². The average Bonchev–Trinajstić information content (AvgIpc) is 2.39. The minimum atomic E-state index is -0.457. The maximum absolute atomic E-state index is 11.9. The zero-order valence-corrected chi connectivity index (χ0v) is 11.1. The fraction of sp³-hybridized carbons (Fsp3) is 0.286. The van der Waals surface area contributed by atoms with Crippen molar-refractivity contribution in [3.63, 3.8) is 0 Å². The molecule has 1 rings (SSSR count). The van der Waals surface area contributed by atoms with Crippen LogP contribution in [-0.2, 0) is 4.79 Å². The Bertz CT molecular complexity index is 518. The highest BCUT2D eigenvalue weighted by atomic mass is 16.3. The van der Waals surface area contributed by atoms with Crippen LogP contribution in [0.15, 0.2) is 36.0 Å². The van der Waals surface area contributed by atoms with Crippen molar-refractivity contribution in [3.05, 3.63) is 41.6 Å². The fourth-order valence-electron chi connectivity index (χ4n) is 1.48. The van der Waals surface area contributed by atoms with Crippen molar-refractivity contribution in [3.8, 4) is 6.07 Å². The van der Waals surface area contributed by atoms with Crippen LogP contribution >= 0.6 is 0 Å². The van der Waals surface area contributed by atoms with E-state index in [9.17, 15) is 4.79 Å². The first-order valence-electron chi connectivity index (χ1n) is 5.88. The van der Waals surface area contributed by atoms with Gasteiger partial charge in [-0.15, -0.1) is 0 Å². The number of hydrogen-bond acceptors (Lipinski definition) is 4. The van der Waals surface area contributed by atoms with E-state index in [1.54, 1.807) is 18.0 Å². The molecule has 0 bridgehead atoms. The van der Waals surface area contributed by atoms with Gasteiger partial charge in [0.1, 0.15) is 11.6 Å². The Hall–Kier alpha value is -2.32. The molecule has 0 atom stereocenters. The normalized spacial score (nSPS) is 10.7. The molecule has 0 saturated heterocycles. The predicted octanol–water partition coefficient (Wildman–Crippen LogP) is 1.27. The summed E-state index contributed by atoms with van der Waals surface area (Å²) in [6, 6.07) is 9.20. The van der Waals surface area contributed by atoms with E-state index in [1.807, 2.05) is 31.2 Å². The SMILES string of the molecule is Cc1ccccc1NC(=O)/C(C#N)=C\N(C)CCO. The highest BCUT2D eigenvalue weighted by Crippen LogP contribution is 2.14. The van der Waals surface area contributed by atoms with E-state index in [0.29, 0.717) is 12.2 Å². The number of likely N-dealkylation sites (N-methyl/N-ethyl adjacent to an activating group) is 1. The number of amides is 1. The Morgan fingerprint density at radius 2 is 2.21 bits per heavy atom. The van der Waals surface area contributed by atoms with Crippen molar-refractivity contribution in [2.75, 3.05) is 25.5 Å². The number of aliphatic hydroxyl groups excluding tert-OH is 1. The monoisotopic (exact) mass is 259 g/mol. The molecule has 0 heterocycles. The van der Waals surface area contributed by atoms with Gasteiger partial charge in [-0.25, -0.2) is 0 Å². The summed E-state index contributed by atoms with van der Waals surface area (Å²) >= 11 is 0. The van der Waals surface area contributed by atoms with Gasteiger partial charge < -0.3 is 15.3 Å². The molecule has 5 nitrogen and oxygen atoms in total. The number of anilines is 1. The molecule has 0 unspecified atom stereocenters. The summed E-state index contributed by atoms with van der Waals surface area (Å²) in [4.78, 5) is 13.5. The molecule has 1 aromatic carbocycles. The summed E-state index contributed by atoms with van der Waals surface area (Å²) in [6.45, 7) is 2.21. The zero-order chi connectivity index (χ0) is 14.3. The Balaban J connectivity index is 2.81.